The van der Waals surface area contributed by atoms with E-state index in [1.54, 1.807) is 0 Å². The van der Waals surface area contributed by atoms with Gasteiger partial charge in [-0.25, -0.2) is 0 Å². The standard InChI is InChI=1S/C11H13BrN2O3/c1-8(6-12)7-13-11(15)9-2-4-10(5-3-9)14(16)17/h2-5,8H,6-7H2,1H3,(H,13,15). The minimum atomic E-state index is -0.491. The summed E-state index contributed by atoms with van der Waals surface area (Å²) < 4.78 is 0. The molecule has 0 aliphatic carbocycles. The molecule has 0 heterocycles. The minimum Gasteiger partial charge on any atom is -0.352 e. The van der Waals surface area contributed by atoms with Gasteiger partial charge in [0.25, 0.3) is 11.6 Å². The molecule has 1 amide bonds. The molecule has 0 radical (unpaired) electrons. The maximum absolute atomic E-state index is 11.6. The molecule has 1 aromatic carbocycles. The molecule has 1 unspecified atom stereocenters. The monoisotopic (exact) mass is 300 g/mol. The van der Waals surface area contributed by atoms with Gasteiger partial charge in [0.2, 0.25) is 0 Å². The van der Waals surface area contributed by atoms with Crippen LogP contribution in [-0.4, -0.2) is 22.7 Å². The molecule has 5 nitrogen and oxygen atoms in total. The first kappa shape index (κ1) is 13.6. The maximum atomic E-state index is 11.6. The number of hydrogen-bond acceptors (Lipinski definition) is 3. The lowest BCUT2D eigenvalue weighted by atomic mass is 10.1. The van der Waals surface area contributed by atoms with Crippen LogP contribution in [0.3, 0.4) is 0 Å². The summed E-state index contributed by atoms with van der Waals surface area (Å²) in [6.45, 7) is 2.58. The molecule has 0 saturated carbocycles. The summed E-state index contributed by atoms with van der Waals surface area (Å²) in [6, 6.07) is 5.55. The van der Waals surface area contributed by atoms with E-state index in [9.17, 15) is 14.9 Å². The number of halogens is 1. The third-order valence-electron chi connectivity index (χ3n) is 2.21. The van der Waals surface area contributed by atoms with Crippen LogP contribution < -0.4 is 5.32 Å². The highest BCUT2D eigenvalue weighted by Crippen LogP contribution is 2.11. The van der Waals surface area contributed by atoms with Gasteiger partial charge in [-0.05, 0) is 18.1 Å². The van der Waals surface area contributed by atoms with Gasteiger partial charge in [0.15, 0.2) is 0 Å². The van der Waals surface area contributed by atoms with Crippen LogP contribution in [0.5, 0.6) is 0 Å². The number of nitrogens with zero attached hydrogens (tertiary/aromatic N) is 1. The molecule has 0 bridgehead atoms. The fourth-order valence-electron chi connectivity index (χ4n) is 1.16. The summed E-state index contributed by atoms with van der Waals surface area (Å²) in [5, 5.41) is 14.0. The Hall–Kier alpha value is -1.43. The van der Waals surface area contributed by atoms with Crippen LogP contribution in [0, 0.1) is 16.0 Å². The number of alkyl halides is 1. The minimum absolute atomic E-state index is 0.0182. The normalized spacial score (nSPS) is 11.9. The quantitative estimate of drug-likeness (QED) is 0.515. The van der Waals surface area contributed by atoms with Crippen molar-refractivity contribution in [2.45, 2.75) is 6.92 Å². The first-order chi connectivity index (χ1) is 8.04. The smallest absolute Gasteiger partial charge is 0.269 e. The topological polar surface area (TPSA) is 72.2 Å². The van der Waals surface area contributed by atoms with E-state index in [1.165, 1.54) is 24.3 Å². The third-order valence-corrected chi connectivity index (χ3v) is 3.32. The molecule has 0 spiro atoms. The van der Waals surface area contributed by atoms with Crippen molar-refractivity contribution in [2.75, 3.05) is 11.9 Å². The van der Waals surface area contributed by atoms with Crippen LogP contribution in [0.25, 0.3) is 0 Å². The van der Waals surface area contributed by atoms with Crippen LogP contribution in [0.4, 0.5) is 5.69 Å². The predicted molar refractivity (Wildman–Crippen MR) is 68.4 cm³/mol. The number of rotatable bonds is 5. The van der Waals surface area contributed by atoms with E-state index in [4.69, 9.17) is 0 Å². The molecule has 6 heteroatoms. The highest BCUT2D eigenvalue weighted by atomic mass is 79.9. The fourth-order valence-corrected chi connectivity index (χ4v) is 1.39. The van der Waals surface area contributed by atoms with Crippen LogP contribution in [-0.2, 0) is 0 Å². The molecule has 1 rings (SSSR count). The number of carbonyl (C=O) groups is 1. The second-order valence-electron chi connectivity index (χ2n) is 3.77. The Balaban J connectivity index is 2.61. The van der Waals surface area contributed by atoms with E-state index in [0.29, 0.717) is 18.0 Å². The average molecular weight is 301 g/mol. The average Bonchev–Trinajstić information content (AvgIpc) is 2.35. The molecule has 0 aliphatic heterocycles. The Morgan fingerprint density at radius 3 is 2.53 bits per heavy atom. The van der Waals surface area contributed by atoms with Crippen molar-refractivity contribution in [2.24, 2.45) is 5.92 Å². The maximum Gasteiger partial charge on any atom is 0.269 e. The molecular weight excluding hydrogens is 288 g/mol. The van der Waals surface area contributed by atoms with E-state index in [2.05, 4.69) is 21.2 Å². The molecule has 92 valence electrons. The molecule has 1 atom stereocenters. The van der Waals surface area contributed by atoms with E-state index in [-0.39, 0.29) is 11.6 Å². The number of hydrogen-bond donors (Lipinski definition) is 1. The van der Waals surface area contributed by atoms with E-state index in [0.717, 1.165) is 5.33 Å². The van der Waals surface area contributed by atoms with Gasteiger partial charge in [-0.15, -0.1) is 0 Å². The first-order valence-corrected chi connectivity index (χ1v) is 6.25. The lowest BCUT2D eigenvalue weighted by Crippen LogP contribution is -2.28. The zero-order valence-corrected chi connectivity index (χ0v) is 10.9. The van der Waals surface area contributed by atoms with Gasteiger partial charge in [-0.3, -0.25) is 14.9 Å². The fraction of sp³-hybridized carbons (Fsp3) is 0.364. The Kier molecular flexibility index (Phi) is 5.09. The van der Waals surface area contributed by atoms with Crippen LogP contribution in [0.15, 0.2) is 24.3 Å². The molecule has 0 aliphatic rings. The summed E-state index contributed by atoms with van der Waals surface area (Å²) in [5.41, 5.74) is 0.410. The Labute approximate surface area is 107 Å². The number of nitro groups is 1. The van der Waals surface area contributed by atoms with E-state index in [1.807, 2.05) is 6.92 Å². The van der Waals surface area contributed by atoms with Crippen molar-refractivity contribution in [3.8, 4) is 0 Å². The van der Waals surface area contributed by atoms with Crippen LogP contribution in [0.2, 0.25) is 0 Å². The second-order valence-corrected chi connectivity index (χ2v) is 4.42. The van der Waals surface area contributed by atoms with Gasteiger partial charge in [-0.1, -0.05) is 22.9 Å². The molecule has 1 aromatic rings. The van der Waals surface area contributed by atoms with Crippen molar-refractivity contribution in [1.82, 2.24) is 5.32 Å². The largest absolute Gasteiger partial charge is 0.352 e. The molecular formula is C11H13BrN2O3. The summed E-state index contributed by atoms with van der Waals surface area (Å²) in [5.74, 6) is 0.129. The van der Waals surface area contributed by atoms with Crippen molar-refractivity contribution < 1.29 is 9.72 Å². The lowest BCUT2D eigenvalue weighted by molar-refractivity contribution is -0.384. The van der Waals surface area contributed by atoms with Crippen molar-refractivity contribution in [1.29, 1.82) is 0 Å². The number of nitro benzene ring substituents is 1. The number of nitrogens with one attached hydrogen (secondary N) is 1. The number of benzene rings is 1. The third kappa shape index (κ3) is 4.14. The summed E-state index contributed by atoms with van der Waals surface area (Å²) in [7, 11) is 0. The molecule has 0 aromatic heterocycles. The summed E-state index contributed by atoms with van der Waals surface area (Å²) >= 11 is 3.32. The lowest BCUT2D eigenvalue weighted by Gasteiger charge is -2.09. The van der Waals surface area contributed by atoms with Gasteiger partial charge in [-0.2, -0.15) is 0 Å². The highest BCUT2D eigenvalue weighted by Gasteiger charge is 2.09. The van der Waals surface area contributed by atoms with Gasteiger partial charge in [0, 0.05) is 29.6 Å². The Bertz CT molecular complexity index is 406. The van der Waals surface area contributed by atoms with Gasteiger partial charge in [0.05, 0.1) is 4.92 Å². The van der Waals surface area contributed by atoms with Crippen molar-refractivity contribution in [3.05, 3.63) is 39.9 Å². The van der Waals surface area contributed by atoms with Crippen LogP contribution in [0.1, 0.15) is 17.3 Å². The van der Waals surface area contributed by atoms with Crippen molar-refractivity contribution in [3.63, 3.8) is 0 Å². The molecule has 0 saturated heterocycles. The Morgan fingerprint density at radius 2 is 2.06 bits per heavy atom. The highest BCUT2D eigenvalue weighted by molar-refractivity contribution is 9.09. The van der Waals surface area contributed by atoms with Gasteiger partial charge >= 0.3 is 0 Å². The predicted octanol–water partition coefficient (Wildman–Crippen LogP) is 2.36. The van der Waals surface area contributed by atoms with E-state index >= 15 is 0 Å². The van der Waals surface area contributed by atoms with E-state index < -0.39 is 4.92 Å². The zero-order chi connectivity index (χ0) is 12.8. The summed E-state index contributed by atoms with van der Waals surface area (Å²) in [4.78, 5) is 21.6. The number of amides is 1. The molecule has 1 N–H and O–H groups in total. The Morgan fingerprint density at radius 1 is 1.47 bits per heavy atom. The molecule has 0 fully saturated rings. The number of carbonyl (C=O) groups excluding carboxylic acids is 1. The number of non-ortho nitro benzene ring substituents is 1. The van der Waals surface area contributed by atoms with Gasteiger partial charge in [0.1, 0.15) is 0 Å². The zero-order valence-electron chi connectivity index (χ0n) is 9.35. The van der Waals surface area contributed by atoms with Crippen molar-refractivity contribution >= 4 is 27.5 Å². The SMILES string of the molecule is CC(CBr)CNC(=O)c1ccc([N+](=O)[O-])cc1. The van der Waals surface area contributed by atoms with Crippen LogP contribution >= 0.6 is 15.9 Å². The first-order valence-electron chi connectivity index (χ1n) is 5.13. The molecule has 17 heavy (non-hydrogen) atoms. The second kappa shape index (κ2) is 6.34. The summed E-state index contributed by atoms with van der Waals surface area (Å²) in [6.07, 6.45) is 0. The van der Waals surface area contributed by atoms with Gasteiger partial charge < -0.3 is 5.32 Å².